The summed E-state index contributed by atoms with van der Waals surface area (Å²) in [5.74, 6) is 1.23. The Balaban J connectivity index is 1.55. The number of hydrogen-bond acceptors (Lipinski definition) is 3. The molecular formula is C16H19N3O2. The zero-order valence-corrected chi connectivity index (χ0v) is 11.9. The van der Waals surface area contributed by atoms with Gasteiger partial charge in [0.1, 0.15) is 12.4 Å². The predicted molar refractivity (Wildman–Crippen MR) is 78.8 cm³/mol. The molecule has 21 heavy (non-hydrogen) atoms. The lowest BCUT2D eigenvalue weighted by Gasteiger charge is -2.31. The highest BCUT2D eigenvalue weighted by molar-refractivity contribution is 5.67. The van der Waals surface area contributed by atoms with Gasteiger partial charge in [-0.2, -0.15) is 0 Å². The summed E-state index contributed by atoms with van der Waals surface area (Å²) >= 11 is 0. The second-order valence-corrected chi connectivity index (χ2v) is 5.30. The number of likely N-dealkylation sites (tertiary alicyclic amines) is 1. The number of carbonyl (C=O) groups excluding carboxylic acids is 1. The van der Waals surface area contributed by atoms with Gasteiger partial charge in [-0.25, -0.2) is 9.78 Å². The molecule has 1 atom stereocenters. The summed E-state index contributed by atoms with van der Waals surface area (Å²) < 4.78 is 5.39. The van der Waals surface area contributed by atoms with Crippen molar-refractivity contribution in [2.75, 3.05) is 13.1 Å². The van der Waals surface area contributed by atoms with Crippen LogP contribution in [0, 0.1) is 0 Å². The summed E-state index contributed by atoms with van der Waals surface area (Å²) in [6.07, 6.45) is 5.36. The minimum Gasteiger partial charge on any atom is -0.445 e. The number of nitrogens with zero attached hydrogens (tertiary/aromatic N) is 2. The van der Waals surface area contributed by atoms with Crippen molar-refractivity contribution in [1.82, 2.24) is 14.9 Å². The maximum atomic E-state index is 12.2. The normalized spacial score (nSPS) is 18.5. The van der Waals surface area contributed by atoms with E-state index in [0.29, 0.717) is 13.2 Å². The highest BCUT2D eigenvalue weighted by Gasteiger charge is 2.26. The van der Waals surface area contributed by atoms with Crippen LogP contribution in [0.25, 0.3) is 0 Å². The molecule has 5 nitrogen and oxygen atoms in total. The van der Waals surface area contributed by atoms with Crippen LogP contribution in [0.2, 0.25) is 0 Å². The number of imidazole rings is 1. The van der Waals surface area contributed by atoms with Crippen LogP contribution >= 0.6 is 0 Å². The average Bonchev–Trinajstić information content (AvgIpc) is 3.08. The highest BCUT2D eigenvalue weighted by atomic mass is 16.6. The molecule has 1 fully saturated rings. The van der Waals surface area contributed by atoms with Crippen molar-refractivity contribution in [2.45, 2.75) is 25.4 Å². The average molecular weight is 285 g/mol. The zero-order chi connectivity index (χ0) is 14.5. The minimum absolute atomic E-state index is 0.241. The fourth-order valence-corrected chi connectivity index (χ4v) is 2.68. The SMILES string of the molecule is O=C(OCc1ccccc1)N1CCCC(c2ncc[nH]2)C1. The minimum atomic E-state index is -0.241. The summed E-state index contributed by atoms with van der Waals surface area (Å²) in [5.41, 5.74) is 1.01. The molecule has 1 aromatic heterocycles. The standard InChI is InChI=1S/C16H19N3O2/c20-16(21-12-13-5-2-1-3-6-13)19-10-4-7-14(11-19)15-17-8-9-18-15/h1-3,5-6,8-9,14H,4,7,10-12H2,(H,17,18). The molecule has 2 heterocycles. The van der Waals surface area contributed by atoms with Gasteiger partial charge in [0.2, 0.25) is 0 Å². The quantitative estimate of drug-likeness (QED) is 0.943. The third-order valence-corrected chi connectivity index (χ3v) is 3.79. The van der Waals surface area contributed by atoms with Gasteiger partial charge in [0.15, 0.2) is 0 Å². The first kappa shape index (κ1) is 13.7. The molecule has 110 valence electrons. The van der Waals surface area contributed by atoms with Crippen LogP contribution in [0.4, 0.5) is 4.79 Å². The van der Waals surface area contributed by atoms with Gasteiger partial charge in [-0.3, -0.25) is 0 Å². The molecule has 1 aromatic carbocycles. The topological polar surface area (TPSA) is 58.2 Å². The molecule has 2 aromatic rings. The Kier molecular flexibility index (Phi) is 4.19. The molecule has 0 spiro atoms. The van der Waals surface area contributed by atoms with Crippen molar-refractivity contribution in [3.05, 3.63) is 54.1 Å². The van der Waals surface area contributed by atoms with E-state index >= 15 is 0 Å². The van der Waals surface area contributed by atoms with Crippen LogP contribution < -0.4 is 0 Å². The number of hydrogen-bond donors (Lipinski definition) is 1. The Bertz CT molecular complexity index is 568. The Labute approximate surface area is 124 Å². The zero-order valence-electron chi connectivity index (χ0n) is 11.9. The fraction of sp³-hybridized carbons (Fsp3) is 0.375. The lowest BCUT2D eigenvalue weighted by molar-refractivity contribution is 0.0854. The molecule has 1 saturated heterocycles. The molecule has 1 aliphatic heterocycles. The van der Waals surface area contributed by atoms with Crippen molar-refractivity contribution in [3.8, 4) is 0 Å². The van der Waals surface area contributed by atoms with E-state index in [1.54, 1.807) is 11.1 Å². The molecule has 0 bridgehead atoms. The van der Waals surface area contributed by atoms with Gasteiger partial charge in [0.05, 0.1) is 0 Å². The fourth-order valence-electron chi connectivity index (χ4n) is 2.68. The largest absolute Gasteiger partial charge is 0.445 e. The van der Waals surface area contributed by atoms with E-state index in [0.717, 1.165) is 30.8 Å². The van der Waals surface area contributed by atoms with Crippen molar-refractivity contribution in [1.29, 1.82) is 0 Å². The first-order valence-electron chi connectivity index (χ1n) is 7.28. The number of aromatic amines is 1. The van der Waals surface area contributed by atoms with Crippen LogP contribution in [-0.2, 0) is 11.3 Å². The third-order valence-electron chi connectivity index (χ3n) is 3.79. The summed E-state index contributed by atoms with van der Waals surface area (Å²) in [4.78, 5) is 21.4. The molecule has 0 radical (unpaired) electrons. The Morgan fingerprint density at radius 2 is 2.24 bits per heavy atom. The number of carbonyl (C=O) groups is 1. The summed E-state index contributed by atoms with van der Waals surface area (Å²) in [6, 6.07) is 9.74. The van der Waals surface area contributed by atoms with Gasteiger partial charge >= 0.3 is 6.09 Å². The Hall–Kier alpha value is -2.30. The van der Waals surface area contributed by atoms with Crippen LogP contribution in [0.3, 0.4) is 0 Å². The van der Waals surface area contributed by atoms with E-state index in [2.05, 4.69) is 9.97 Å². The number of aromatic nitrogens is 2. The molecule has 1 amide bonds. The third kappa shape index (κ3) is 3.42. The van der Waals surface area contributed by atoms with Crippen molar-refractivity contribution < 1.29 is 9.53 Å². The Morgan fingerprint density at radius 1 is 1.38 bits per heavy atom. The predicted octanol–water partition coefficient (Wildman–Crippen LogP) is 2.93. The van der Waals surface area contributed by atoms with Gasteiger partial charge in [-0.15, -0.1) is 0 Å². The first-order chi connectivity index (χ1) is 10.3. The van der Waals surface area contributed by atoms with Gasteiger partial charge < -0.3 is 14.6 Å². The molecule has 1 unspecified atom stereocenters. The number of amides is 1. The number of rotatable bonds is 3. The summed E-state index contributed by atoms with van der Waals surface area (Å²) in [7, 11) is 0. The number of piperidine rings is 1. The van der Waals surface area contributed by atoms with Gasteiger partial charge in [0, 0.05) is 31.4 Å². The van der Waals surface area contributed by atoms with Crippen molar-refractivity contribution in [3.63, 3.8) is 0 Å². The smallest absolute Gasteiger partial charge is 0.410 e. The molecule has 0 saturated carbocycles. The first-order valence-corrected chi connectivity index (χ1v) is 7.28. The number of ether oxygens (including phenoxy) is 1. The van der Waals surface area contributed by atoms with Crippen LogP contribution in [0.15, 0.2) is 42.7 Å². The van der Waals surface area contributed by atoms with E-state index in [1.165, 1.54) is 0 Å². The highest BCUT2D eigenvalue weighted by Crippen LogP contribution is 2.24. The monoisotopic (exact) mass is 285 g/mol. The number of H-pyrrole nitrogens is 1. The number of benzene rings is 1. The van der Waals surface area contributed by atoms with E-state index in [9.17, 15) is 4.79 Å². The van der Waals surface area contributed by atoms with E-state index in [4.69, 9.17) is 4.74 Å². The van der Waals surface area contributed by atoms with Crippen LogP contribution in [-0.4, -0.2) is 34.1 Å². The molecule has 1 N–H and O–H groups in total. The molecule has 5 heteroatoms. The van der Waals surface area contributed by atoms with Crippen LogP contribution in [0.1, 0.15) is 30.1 Å². The maximum absolute atomic E-state index is 12.2. The molecular weight excluding hydrogens is 266 g/mol. The van der Waals surface area contributed by atoms with E-state index in [-0.39, 0.29) is 12.0 Å². The van der Waals surface area contributed by atoms with Gasteiger partial charge in [0.25, 0.3) is 0 Å². The summed E-state index contributed by atoms with van der Waals surface area (Å²) in [5, 5.41) is 0. The van der Waals surface area contributed by atoms with Crippen molar-refractivity contribution >= 4 is 6.09 Å². The second kappa shape index (κ2) is 6.43. The molecule has 0 aliphatic carbocycles. The maximum Gasteiger partial charge on any atom is 0.410 e. The summed E-state index contributed by atoms with van der Waals surface area (Å²) in [6.45, 7) is 1.74. The number of nitrogens with one attached hydrogen (secondary N) is 1. The van der Waals surface area contributed by atoms with E-state index in [1.807, 2.05) is 36.5 Å². The Morgan fingerprint density at radius 3 is 3.00 bits per heavy atom. The lowest BCUT2D eigenvalue weighted by atomic mass is 9.98. The van der Waals surface area contributed by atoms with Crippen molar-refractivity contribution in [2.24, 2.45) is 0 Å². The van der Waals surface area contributed by atoms with Crippen LogP contribution in [0.5, 0.6) is 0 Å². The van der Waals surface area contributed by atoms with Gasteiger partial charge in [-0.1, -0.05) is 30.3 Å². The second-order valence-electron chi connectivity index (χ2n) is 5.30. The lowest BCUT2D eigenvalue weighted by Crippen LogP contribution is -2.39. The van der Waals surface area contributed by atoms with Gasteiger partial charge in [-0.05, 0) is 18.4 Å². The molecule has 1 aliphatic rings. The molecule has 3 rings (SSSR count). The van der Waals surface area contributed by atoms with E-state index < -0.39 is 0 Å².